The summed E-state index contributed by atoms with van der Waals surface area (Å²) in [5.74, 6) is 2.06. The third-order valence-electron chi connectivity index (χ3n) is 8.13. The van der Waals surface area contributed by atoms with E-state index in [1.54, 1.807) is 15.8 Å². The van der Waals surface area contributed by atoms with E-state index in [0.29, 0.717) is 6.04 Å². The summed E-state index contributed by atoms with van der Waals surface area (Å²) < 4.78 is 7.62. The lowest BCUT2D eigenvalue weighted by molar-refractivity contribution is -0.115. The number of anilines is 1. The fraction of sp³-hybridized carbons (Fsp3) is 0.680. The van der Waals surface area contributed by atoms with Crippen LogP contribution in [0.5, 0.6) is 0 Å². The number of hydrogen-bond donors (Lipinski definition) is 1. The molecule has 0 radical (unpaired) electrons. The predicted molar refractivity (Wildman–Crippen MR) is 140 cm³/mol. The monoisotopic (exact) mass is 487 g/mol. The van der Waals surface area contributed by atoms with Crippen LogP contribution in [0.4, 0.5) is 5.82 Å². The number of benzene rings is 1. The van der Waals surface area contributed by atoms with E-state index < -0.39 is 0 Å². The van der Waals surface area contributed by atoms with Crippen LogP contribution in [0.1, 0.15) is 44.9 Å². The van der Waals surface area contributed by atoms with Crippen molar-refractivity contribution in [3.63, 3.8) is 0 Å². The van der Waals surface area contributed by atoms with Crippen LogP contribution >= 0.6 is 24.3 Å². The van der Waals surface area contributed by atoms with Gasteiger partial charge in [0, 0.05) is 44.2 Å². The zero-order valence-corrected chi connectivity index (χ0v) is 21.2. The zero-order chi connectivity index (χ0) is 22.6. The molecular formula is C25H37N5OS2. The number of hydrogen-bond acceptors (Lipinski definition) is 7. The number of piperazine rings is 1. The Kier molecular flexibility index (Phi) is 7.75. The number of aromatic nitrogens is 1. The van der Waals surface area contributed by atoms with Gasteiger partial charge in [0.05, 0.1) is 10.7 Å². The molecule has 2 aromatic rings. The van der Waals surface area contributed by atoms with E-state index in [4.69, 9.17) is 4.37 Å². The van der Waals surface area contributed by atoms with Gasteiger partial charge in [-0.25, -0.2) is 0 Å². The molecule has 6 nitrogen and oxygen atoms in total. The van der Waals surface area contributed by atoms with Crippen molar-refractivity contribution >= 4 is 46.7 Å². The molecule has 1 aromatic carbocycles. The van der Waals surface area contributed by atoms with Gasteiger partial charge >= 0.3 is 0 Å². The summed E-state index contributed by atoms with van der Waals surface area (Å²) in [6, 6.07) is 9.58. The molecule has 1 aliphatic carbocycles. The van der Waals surface area contributed by atoms with Gasteiger partial charge in [-0.2, -0.15) is 4.37 Å². The van der Waals surface area contributed by atoms with Crippen molar-refractivity contribution in [3.05, 3.63) is 24.3 Å². The minimum absolute atomic E-state index is 0.276. The molecule has 0 N–H and O–H groups in total. The average Bonchev–Trinajstić information content (AvgIpc) is 3.32. The molecule has 8 heteroatoms. The molecule has 1 atom stereocenters. The Balaban J connectivity index is 1.03. The van der Waals surface area contributed by atoms with Crippen LogP contribution in [0.15, 0.2) is 24.3 Å². The molecule has 1 unspecified atom stereocenters. The quantitative estimate of drug-likeness (QED) is 0.470. The standard InChI is InChI=1S/C25H37N5OS2/c31-19-30(32)22-4-3-12-29(18-22)21-9-7-20(8-10-21)11-13-27-14-16-28(17-15-27)25-23-5-1-2-6-24(23)33-26-25/h1-2,5-6,19-22,32H,3-4,7-18H2. The van der Waals surface area contributed by atoms with E-state index in [0.717, 1.165) is 51.5 Å². The normalized spacial score (nSPS) is 27.7. The molecule has 0 spiro atoms. The lowest BCUT2D eigenvalue weighted by Crippen LogP contribution is -2.49. The smallest absolute Gasteiger partial charge is 0.219 e. The average molecular weight is 488 g/mol. The van der Waals surface area contributed by atoms with Crippen molar-refractivity contribution in [2.24, 2.45) is 5.92 Å². The second-order valence-electron chi connectivity index (χ2n) is 10.1. The first-order valence-electron chi connectivity index (χ1n) is 12.7. The van der Waals surface area contributed by atoms with Crippen molar-refractivity contribution in [2.45, 2.75) is 57.0 Å². The van der Waals surface area contributed by atoms with E-state index in [2.05, 4.69) is 51.8 Å². The highest BCUT2D eigenvalue weighted by Gasteiger charge is 2.31. The third kappa shape index (κ3) is 5.50. The van der Waals surface area contributed by atoms with Crippen molar-refractivity contribution in [2.75, 3.05) is 50.7 Å². The van der Waals surface area contributed by atoms with Gasteiger partial charge in [-0.15, -0.1) is 0 Å². The maximum Gasteiger partial charge on any atom is 0.219 e. The van der Waals surface area contributed by atoms with Crippen LogP contribution in [-0.2, 0) is 4.79 Å². The van der Waals surface area contributed by atoms with Crippen molar-refractivity contribution in [3.8, 4) is 0 Å². The first kappa shape index (κ1) is 23.4. The van der Waals surface area contributed by atoms with Crippen molar-refractivity contribution in [1.29, 1.82) is 0 Å². The second-order valence-corrected chi connectivity index (χ2v) is 11.3. The number of fused-ring (bicyclic) bond motifs is 1. The number of likely N-dealkylation sites (tertiary alicyclic amines) is 1. The van der Waals surface area contributed by atoms with E-state index in [-0.39, 0.29) is 6.04 Å². The highest BCUT2D eigenvalue weighted by Crippen LogP contribution is 2.33. The summed E-state index contributed by atoms with van der Waals surface area (Å²) in [6.07, 6.45) is 9.81. The molecule has 1 saturated carbocycles. The molecule has 2 aliphatic heterocycles. The molecule has 2 saturated heterocycles. The van der Waals surface area contributed by atoms with Crippen LogP contribution in [0.25, 0.3) is 10.1 Å². The van der Waals surface area contributed by atoms with Gasteiger partial charge in [0.2, 0.25) is 6.41 Å². The topological polar surface area (TPSA) is 42.9 Å². The van der Waals surface area contributed by atoms with Crippen molar-refractivity contribution < 1.29 is 4.79 Å². The minimum atomic E-state index is 0.276. The summed E-state index contributed by atoms with van der Waals surface area (Å²) >= 11 is 5.96. The molecule has 1 amide bonds. The van der Waals surface area contributed by atoms with E-state index in [1.165, 1.54) is 67.5 Å². The SMILES string of the molecule is O=CN(S)C1CCCN(C2CCC(CCN3CCN(c4nsc5ccccc45)CC3)CC2)C1. The molecule has 5 rings (SSSR count). The van der Waals surface area contributed by atoms with Gasteiger partial charge in [-0.05, 0) is 87.6 Å². The summed E-state index contributed by atoms with van der Waals surface area (Å²) in [5.41, 5.74) is 0. The number of carbonyl (C=O) groups is 1. The van der Waals surface area contributed by atoms with Crippen LogP contribution in [0, 0.1) is 5.92 Å². The molecule has 180 valence electrons. The van der Waals surface area contributed by atoms with Gasteiger partial charge in [-0.1, -0.05) is 24.9 Å². The Hall–Kier alpha value is -1.35. The molecule has 33 heavy (non-hydrogen) atoms. The fourth-order valence-electron chi connectivity index (χ4n) is 6.06. The number of piperidine rings is 1. The Morgan fingerprint density at radius 1 is 1.06 bits per heavy atom. The molecule has 3 fully saturated rings. The predicted octanol–water partition coefficient (Wildman–Crippen LogP) is 4.13. The van der Waals surface area contributed by atoms with E-state index in [9.17, 15) is 4.79 Å². The molecule has 0 bridgehead atoms. The van der Waals surface area contributed by atoms with Crippen LogP contribution in [-0.4, -0.2) is 82.8 Å². The Morgan fingerprint density at radius 3 is 2.64 bits per heavy atom. The lowest BCUT2D eigenvalue weighted by Gasteiger charge is -2.43. The van der Waals surface area contributed by atoms with Gasteiger partial charge < -0.3 is 4.90 Å². The lowest BCUT2D eigenvalue weighted by atomic mass is 9.82. The Bertz CT molecular complexity index is 907. The number of thiol groups is 1. The first-order chi connectivity index (χ1) is 16.2. The van der Waals surface area contributed by atoms with Crippen LogP contribution in [0.3, 0.4) is 0 Å². The van der Waals surface area contributed by atoms with Crippen molar-refractivity contribution in [1.82, 2.24) is 18.5 Å². The minimum Gasteiger partial charge on any atom is -0.353 e. The summed E-state index contributed by atoms with van der Waals surface area (Å²) in [5, 5.41) is 1.31. The van der Waals surface area contributed by atoms with Crippen LogP contribution < -0.4 is 4.90 Å². The number of nitrogens with zero attached hydrogens (tertiary/aromatic N) is 5. The molecule has 1 aromatic heterocycles. The summed E-state index contributed by atoms with van der Waals surface area (Å²) in [7, 11) is 0. The highest BCUT2D eigenvalue weighted by molar-refractivity contribution is 7.78. The van der Waals surface area contributed by atoms with E-state index in [1.807, 2.05) is 0 Å². The van der Waals surface area contributed by atoms with Crippen LogP contribution in [0.2, 0.25) is 0 Å². The van der Waals surface area contributed by atoms with Gasteiger partial charge in [0.25, 0.3) is 0 Å². The second kappa shape index (κ2) is 10.9. The number of carbonyl (C=O) groups excluding carboxylic acids is 1. The van der Waals surface area contributed by atoms with Gasteiger partial charge in [0.1, 0.15) is 5.82 Å². The van der Waals surface area contributed by atoms with E-state index >= 15 is 0 Å². The molecular weight excluding hydrogens is 450 g/mol. The highest BCUT2D eigenvalue weighted by atomic mass is 32.1. The Labute approximate surface area is 207 Å². The summed E-state index contributed by atoms with van der Waals surface area (Å²) in [6.45, 7) is 7.88. The number of rotatable bonds is 7. The van der Waals surface area contributed by atoms with Gasteiger partial charge in [0.15, 0.2) is 0 Å². The maximum atomic E-state index is 11.1. The third-order valence-corrected chi connectivity index (χ3v) is 9.36. The Morgan fingerprint density at radius 2 is 1.85 bits per heavy atom. The van der Waals surface area contributed by atoms with Gasteiger partial charge in [-0.3, -0.25) is 18.9 Å². The molecule has 3 heterocycles. The first-order valence-corrected chi connectivity index (χ1v) is 13.9. The zero-order valence-electron chi connectivity index (χ0n) is 19.5. The molecule has 3 aliphatic rings. The maximum absolute atomic E-state index is 11.1. The summed E-state index contributed by atoms with van der Waals surface area (Å²) in [4.78, 5) is 18.9. The fourth-order valence-corrected chi connectivity index (χ4v) is 7.05. The largest absolute Gasteiger partial charge is 0.353 e. The number of amides is 1.